The zero-order chi connectivity index (χ0) is 12.3. The van der Waals surface area contributed by atoms with Crippen LogP contribution in [0.15, 0.2) is 19.9 Å². The number of nitrogens with zero attached hydrogens (tertiary/aromatic N) is 3. The molecule has 1 aromatic heterocycles. The van der Waals surface area contributed by atoms with Crippen molar-refractivity contribution in [2.24, 2.45) is 0 Å². The molecule has 1 heterocycles. The second-order valence-electron chi connectivity index (χ2n) is 3.37. The molecule has 0 aliphatic rings. The fourth-order valence-electron chi connectivity index (χ4n) is 1.03. The number of rotatable bonds is 3. The van der Waals surface area contributed by atoms with Gasteiger partial charge in [0.2, 0.25) is 5.91 Å². The summed E-state index contributed by atoms with van der Waals surface area (Å²) in [5, 5.41) is 3.93. The number of aryl methyl sites for hydroxylation is 1. The topological polar surface area (TPSA) is 55.2 Å². The first-order chi connectivity index (χ1) is 7.43. The van der Waals surface area contributed by atoms with Crippen molar-refractivity contribution < 1.29 is 4.79 Å². The molecule has 0 saturated carbocycles. The summed E-state index contributed by atoms with van der Waals surface area (Å²) < 4.78 is 2.28. The Hall–Kier alpha value is -0.690. The van der Waals surface area contributed by atoms with E-state index in [0.717, 1.165) is 0 Å². The van der Waals surface area contributed by atoms with Gasteiger partial charge in [-0.3, -0.25) is 9.59 Å². The summed E-state index contributed by atoms with van der Waals surface area (Å²) >= 11 is 6.34. The maximum atomic E-state index is 11.7. The van der Waals surface area contributed by atoms with E-state index in [-0.39, 0.29) is 24.4 Å². The minimum atomic E-state index is -0.249. The number of carbonyl (C=O) groups excluding carboxylic acids is 1. The number of amides is 1. The van der Waals surface area contributed by atoms with Crippen LogP contribution >= 0.6 is 31.9 Å². The highest BCUT2D eigenvalue weighted by atomic mass is 79.9. The Morgan fingerprint density at radius 1 is 1.50 bits per heavy atom. The Labute approximate surface area is 110 Å². The van der Waals surface area contributed by atoms with Crippen LogP contribution in [0, 0.1) is 0 Å². The molecule has 5 nitrogen and oxygen atoms in total. The van der Waals surface area contributed by atoms with Crippen molar-refractivity contribution in [2.75, 3.05) is 14.1 Å². The molecule has 16 heavy (non-hydrogen) atoms. The van der Waals surface area contributed by atoms with Crippen LogP contribution in [-0.2, 0) is 11.3 Å². The third-order valence-corrected chi connectivity index (χ3v) is 3.88. The maximum absolute atomic E-state index is 11.7. The van der Waals surface area contributed by atoms with Crippen LogP contribution in [0.4, 0.5) is 0 Å². The highest BCUT2D eigenvalue weighted by molar-refractivity contribution is 9.13. The predicted molar refractivity (Wildman–Crippen MR) is 67.2 cm³/mol. The number of hydrogen-bond acceptors (Lipinski definition) is 3. The molecule has 1 aromatic rings. The van der Waals surface area contributed by atoms with Crippen LogP contribution in [0.25, 0.3) is 0 Å². The monoisotopic (exact) mass is 351 g/mol. The first-order valence-electron chi connectivity index (χ1n) is 4.54. The zero-order valence-electron chi connectivity index (χ0n) is 8.91. The molecule has 0 atom stereocenters. The molecular weight excluding hydrogens is 342 g/mol. The standard InChI is InChI=1S/C9H11Br2N3O2/c1-13(2)7(15)3-4-14-9(16)8(11)6(10)5-12-14/h5H,3-4H2,1-2H3. The van der Waals surface area contributed by atoms with E-state index in [0.29, 0.717) is 8.95 Å². The molecular formula is C9H11Br2N3O2. The Morgan fingerprint density at radius 3 is 2.69 bits per heavy atom. The average Bonchev–Trinajstić information content (AvgIpc) is 2.24. The second-order valence-corrected chi connectivity index (χ2v) is 5.02. The summed E-state index contributed by atoms with van der Waals surface area (Å²) in [5.41, 5.74) is -0.249. The maximum Gasteiger partial charge on any atom is 0.282 e. The van der Waals surface area contributed by atoms with Crippen LogP contribution in [0.2, 0.25) is 0 Å². The van der Waals surface area contributed by atoms with E-state index in [1.165, 1.54) is 15.8 Å². The van der Waals surface area contributed by atoms with Gasteiger partial charge in [0.15, 0.2) is 0 Å². The molecule has 88 valence electrons. The highest BCUT2D eigenvalue weighted by Gasteiger charge is 2.09. The SMILES string of the molecule is CN(C)C(=O)CCn1ncc(Br)c(Br)c1=O. The summed E-state index contributed by atoms with van der Waals surface area (Å²) in [6, 6.07) is 0. The average molecular weight is 353 g/mol. The summed E-state index contributed by atoms with van der Waals surface area (Å²) in [5.74, 6) is -0.0345. The molecule has 7 heteroatoms. The fourth-order valence-corrected chi connectivity index (χ4v) is 1.60. The summed E-state index contributed by atoms with van der Waals surface area (Å²) in [6.07, 6.45) is 1.78. The number of hydrogen-bond donors (Lipinski definition) is 0. The highest BCUT2D eigenvalue weighted by Crippen LogP contribution is 2.16. The molecule has 0 fully saturated rings. The Kier molecular flexibility index (Phi) is 4.67. The third-order valence-electron chi connectivity index (χ3n) is 1.98. The van der Waals surface area contributed by atoms with Crippen LogP contribution in [0.1, 0.15) is 6.42 Å². The van der Waals surface area contributed by atoms with Crippen molar-refractivity contribution in [3.8, 4) is 0 Å². The Bertz CT molecular complexity index is 457. The van der Waals surface area contributed by atoms with Gasteiger partial charge in [-0.25, -0.2) is 4.68 Å². The fraction of sp³-hybridized carbons (Fsp3) is 0.444. The number of halogens is 2. The quantitative estimate of drug-likeness (QED) is 0.822. The predicted octanol–water partition coefficient (Wildman–Crippen LogP) is 1.25. The molecule has 0 aliphatic heterocycles. The lowest BCUT2D eigenvalue weighted by Crippen LogP contribution is -2.28. The summed E-state index contributed by atoms with van der Waals surface area (Å²) in [7, 11) is 3.35. The lowest BCUT2D eigenvalue weighted by molar-refractivity contribution is -0.128. The number of aromatic nitrogens is 2. The smallest absolute Gasteiger partial charge is 0.282 e. The van der Waals surface area contributed by atoms with Crippen molar-refractivity contribution in [1.29, 1.82) is 0 Å². The Balaban J connectivity index is 2.80. The molecule has 1 amide bonds. The van der Waals surface area contributed by atoms with Gasteiger partial charge in [0.25, 0.3) is 5.56 Å². The molecule has 0 aliphatic carbocycles. The largest absolute Gasteiger partial charge is 0.349 e. The lowest BCUT2D eigenvalue weighted by Gasteiger charge is -2.10. The normalized spacial score (nSPS) is 10.2. The molecule has 0 spiro atoms. The van der Waals surface area contributed by atoms with Crippen LogP contribution in [-0.4, -0.2) is 34.7 Å². The van der Waals surface area contributed by atoms with Gasteiger partial charge in [-0.15, -0.1) is 0 Å². The van der Waals surface area contributed by atoms with Gasteiger partial charge < -0.3 is 4.90 Å². The molecule has 1 rings (SSSR count). The van der Waals surface area contributed by atoms with Crippen molar-refractivity contribution in [3.63, 3.8) is 0 Å². The van der Waals surface area contributed by atoms with Crippen molar-refractivity contribution in [2.45, 2.75) is 13.0 Å². The van der Waals surface area contributed by atoms with E-state index in [1.807, 2.05) is 0 Å². The van der Waals surface area contributed by atoms with Gasteiger partial charge in [0.1, 0.15) is 4.47 Å². The summed E-state index contributed by atoms with van der Waals surface area (Å²) in [4.78, 5) is 24.5. The zero-order valence-corrected chi connectivity index (χ0v) is 12.1. The molecule has 0 saturated heterocycles. The molecule has 0 radical (unpaired) electrons. The molecule has 0 unspecified atom stereocenters. The minimum absolute atomic E-state index is 0.0345. The van der Waals surface area contributed by atoms with Crippen LogP contribution < -0.4 is 5.56 Å². The van der Waals surface area contributed by atoms with E-state index >= 15 is 0 Å². The van der Waals surface area contributed by atoms with E-state index in [1.54, 1.807) is 14.1 Å². The molecule has 0 N–H and O–H groups in total. The van der Waals surface area contributed by atoms with Crippen LogP contribution in [0.3, 0.4) is 0 Å². The van der Waals surface area contributed by atoms with E-state index in [2.05, 4.69) is 37.0 Å². The van der Waals surface area contributed by atoms with Gasteiger partial charge in [-0.2, -0.15) is 5.10 Å². The lowest BCUT2D eigenvalue weighted by atomic mass is 10.4. The van der Waals surface area contributed by atoms with E-state index in [9.17, 15) is 9.59 Å². The van der Waals surface area contributed by atoms with E-state index in [4.69, 9.17) is 0 Å². The molecule has 0 bridgehead atoms. The van der Waals surface area contributed by atoms with Crippen molar-refractivity contribution >= 4 is 37.8 Å². The summed E-state index contributed by atoms with van der Waals surface area (Å²) in [6.45, 7) is 0.279. The minimum Gasteiger partial charge on any atom is -0.349 e. The van der Waals surface area contributed by atoms with Gasteiger partial charge in [-0.1, -0.05) is 0 Å². The van der Waals surface area contributed by atoms with Crippen molar-refractivity contribution in [3.05, 3.63) is 25.5 Å². The van der Waals surface area contributed by atoms with Gasteiger partial charge in [0.05, 0.1) is 17.2 Å². The number of carbonyl (C=O) groups is 1. The van der Waals surface area contributed by atoms with Gasteiger partial charge >= 0.3 is 0 Å². The first-order valence-corrected chi connectivity index (χ1v) is 6.13. The third kappa shape index (κ3) is 3.15. The van der Waals surface area contributed by atoms with Crippen molar-refractivity contribution in [1.82, 2.24) is 14.7 Å². The Morgan fingerprint density at radius 2 is 2.12 bits per heavy atom. The first kappa shape index (κ1) is 13.4. The second kappa shape index (κ2) is 5.58. The van der Waals surface area contributed by atoms with Gasteiger partial charge in [0, 0.05) is 20.5 Å². The van der Waals surface area contributed by atoms with Crippen LogP contribution in [0.5, 0.6) is 0 Å². The molecule has 0 aromatic carbocycles. The van der Waals surface area contributed by atoms with Gasteiger partial charge in [-0.05, 0) is 31.9 Å². The van der Waals surface area contributed by atoms with E-state index < -0.39 is 0 Å².